The van der Waals surface area contributed by atoms with Crippen LogP contribution in [0.5, 0.6) is 0 Å². The number of methoxy groups -OCH3 is 2. The third-order valence-corrected chi connectivity index (χ3v) is 13.6. The summed E-state index contributed by atoms with van der Waals surface area (Å²) in [6.07, 6.45) is -6.80. The standard InChI is InChI=1S/C45H82N2O14/c1-18-33-45(11,52)38(50)27(4)35(49)25(2)23-43(9,53-16)39(61-42-37(55-21-19-20-46(12)13)32(47(14)15)22-26(3)56-42)28(5)36(29(6)41(51)59-33)60-34-24-44(10,54-17)40(30(7)57-34)58-31(8)48/h25-30,32-34,36-40,42,50,52H,18-24H2,1-17H3/t25-,26-,27+,28+,29-,30+,32+,33-,34+,36+,37-,38-,39-,40+,42+,43+,44-,45-/m1/s1. The molecule has 0 unspecified atom stereocenters. The number of ketones is 1. The second kappa shape index (κ2) is 22.4. The van der Waals surface area contributed by atoms with Gasteiger partial charge in [0.25, 0.3) is 0 Å². The average molecular weight is 875 g/mol. The molecule has 0 aliphatic carbocycles. The molecular formula is C45H82N2O14. The molecular weight excluding hydrogens is 792 g/mol. The first-order chi connectivity index (χ1) is 28.3. The van der Waals surface area contributed by atoms with Gasteiger partial charge in [-0.25, -0.2) is 0 Å². The zero-order valence-corrected chi connectivity index (χ0v) is 40.3. The minimum atomic E-state index is -1.98. The van der Waals surface area contributed by atoms with Gasteiger partial charge < -0.3 is 62.6 Å². The summed E-state index contributed by atoms with van der Waals surface area (Å²) in [6, 6.07) is -0.0766. The average Bonchev–Trinajstić information content (AvgIpc) is 3.19. The van der Waals surface area contributed by atoms with E-state index >= 15 is 0 Å². The highest BCUT2D eigenvalue weighted by Crippen LogP contribution is 2.42. The second-order valence-electron chi connectivity index (χ2n) is 19.2. The number of aliphatic hydroxyl groups excluding tert-OH is 1. The van der Waals surface area contributed by atoms with Gasteiger partial charge in [-0.3, -0.25) is 14.4 Å². The van der Waals surface area contributed by atoms with Gasteiger partial charge in [-0.2, -0.15) is 0 Å². The SMILES string of the molecule is CC[C@H]1OC(=O)[C@H](C)[C@@H](O[C@H]2C[C@@](C)(OC)[C@@H](OC(C)=O)[C@H](C)O2)[C@H](C)[C@@H](O[C@@H]2O[C@H](C)C[C@H](N(C)C)[C@H]2OCCCN(C)C)[C@@](C)(OC)C[C@@H](C)C(=O)[C@H](C)[C@@H](O)[C@]1(C)O. The molecule has 0 aromatic rings. The van der Waals surface area contributed by atoms with Crippen LogP contribution in [0.1, 0.15) is 108 Å². The molecule has 2 N–H and O–H groups in total. The lowest BCUT2D eigenvalue weighted by Crippen LogP contribution is -2.62. The molecule has 16 heteroatoms. The number of hydrogen-bond acceptors (Lipinski definition) is 16. The van der Waals surface area contributed by atoms with E-state index in [1.807, 2.05) is 55.9 Å². The fraction of sp³-hybridized carbons (Fsp3) is 0.933. The minimum Gasteiger partial charge on any atom is -0.459 e. The van der Waals surface area contributed by atoms with E-state index in [0.717, 1.165) is 13.0 Å². The van der Waals surface area contributed by atoms with Crippen LogP contribution in [0.3, 0.4) is 0 Å². The summed E-state index contributed by atoms with van der Waals surface area (Å²) in [5.41, 5.74) is -4.24. The monoisotopic (exact) mass is 875 g/mol. The zero-order valence-electron chi connectivity index (χ0n) is 40.3. The normalized spacial score (nSPS) is 43.5. The van der Waals surface area contributed by atoms with Crippen molar-refractivity contribution in [3.05, 3.63) is 0 Å². The van der Waals surface area contributed by atoms with Crippen molar-refractivity contribution in [3.8, 4) is 0 Å². The van der Waals surface area contributed by atoms with E-state index in [1.54, 1.807) is 41.7 Å². The van der Waals surface area contributed by atoms with Crippen molar-refractivity contribution in [3.63, 3.8) is 0 Å². The van der Waals surface area contributed by atoms with Crippen molar-refractivity contribution in [2.45, 2.75) is 193 Å². The van der Waals surface area contributed by atoms with Crippen LogP contribution in [-0.2, 0) is 57.0 Å². The van der Waals surface area contributed by atoms with E-state index in [2.05, 4.69) is 9.80 Å². The topological polar surface area (TPSA) is 181 Å². The van der Waals surface area contributed by atoms with Crippen LogP contribution in [0.4, 0.5) is 0 Å². The molecule has 0 saturated carbocycles. The number of Topliss-reactive ketones (excluding diaryl/α,β-unsaturated/α-hetero) is 1. The highest BCUT2D eigenvalue weighted by molar-refractivity contribution is 5.83. The Hall–Kier alpha value is -1.83. The van der Waals surface area contributed by atoms with Crippen LogP contribution in [-0.4, -0.2) is 178 Å². The number of carbonyl (C=O) groups is 3. The van der Waals surface area contributed by atoms with Crippen LogP contribution in [0, 0.1) is 23.7 Å². The van der Waals surface area contributed by atoms with E-state index in [-0.39, 0.29) is 37.2 Å². The Bertz CT molecular complexity index is 1420. The fourth-order valence-electron chi connectivity index (χ4n) is 9.74. The van der Waals surface area contributed by atoms with Gasteiger partial charge in [0, 0.05) is 58.0 Å². The maximum absolute atomic E-state index is 14.5. The molecule has 0 radical (unpaired) electrons. The van der Waals surface area contributed by atoms with Gasteiger partial charge in [-0.15, -0.1) is 0 Å². The second-order valence-corrected chi connectivity index (χ2v) is 19.2. The lowest BCUT2D eigenvalue weighted by atomic mass is 9.74. The molecule has 356 valence electrons. The molecule has 0 aromatic heterocycles. The summed E-state index contributed by atoms with van der Waals surface area (Å²) in [5, 5.41) is 23.4. The predicted octanol–water partition coefficient (Wildman–Crippen LogP) is 3.99. The number of likely N-dealkylation sites (N-methyl/N-ethyl adjacent to an activating group) is 1. The van der Waals surface area contributed by atoms with E-state index < -0.39 is 108 Å². The van der Waals surface area contributed by atoms with Gasteiger partial charge in [0.1, 0.15) is 29.2 Å². The lowest BCUT2D eigenvalue weighted by Gasteiger charge is -2.50. The van der Waals surface area contributed by atoms with Crippen molar-refractivity contribution in [1.82, 2.24) is 9.80 Å². The van der Waals surface area contributed by atoms with Gasteiger partial charge in [0.2, 0.25) is 0 Å². The van der Waals surface area contributed by atoms with Crippen molar-refractivity contribution < 1.29 is 67.2 Å². The van der Waals surface area contributed by atoms with Crippen LogP contribution in [0.2, 0.25) is 0 Å². The van der Waals surface area contributed by atoms with Gasteiger partial charge in [-0.1, -0.05) is 27.7 Å². The van der Waals surface area contributed by atoms with Crippen LogP contribution < -0.4 is 0 Å². The maximum Gasteiger partial charge on any atom is 0.311 e. The smallest absolute Gasteiger partial charge is 0.311 e. The molecule has 0 aromatic carbocycles. The van der Waals surface area contributed by atoms with Crippen LogP contribution >= 0.6 is 0 Å². The largest absolute Gasteiger partial charge is 0.459 e. The van der Waals surface area contributed by atoms with E-state index in [9.17, 15) is 24.6 Å². The summed E-state index contributed by atoms with van der Waals surface area (Å²) >= 11 is 0. The molecule has 3 heterocycles. The molecule has 16 nitrogen and oxygen atoms in total. The number of cyclic esters (lactones) is 1. The van der Waals surface area contributed by atoms with Crippen LogP contribution in [0.25, 0.3) is 0 Å². The Morgan fingerprint density at radius 3 is 2.02 bits per heavy atom. The van der Waals surface area contributed by atoms with E-state index in [4.69, 9.17) is 42.6 Å². The van der Waals surface area contributed by atoms with E-state index in [0.29, 0.717) is 13.0 Å². The van der Waals surface area contributed by atoms with E-state index in [1.165, 1.54) is 21.0 Å². The Morgan fingerprint density at radius 1 is 0.869 bits per heavy atom. The molecule has 61 heavy (non-hydrogen) atoms. The third-order valence-electron chi connectivity index (χ3n) is 13.6. The number of ether oxygens (including phenoxy) is 9. The predicted molar refractivity (Wildman–Crippen MR) is 227 cm³/mol. The summed E-state index contributed by atoms with van der Waals surface area (Å²) < 4.78 is 58.0. The first-order valence-electron chi connectivity index (χ1n) is 22.2. The highest BCUT2D eigenvalue weighted by atomic mass is 16.7. The summed E-state index contributed by atoms with van der Waals surface area (Å²) in [7, 11) is 11.1. The number of rotatable bonds is 14. The molecule has 3 aliphatic rings. The Morgan fingerprint density at radius 2 is 1.48 bits per heavy atom. The van der Waals surface area contributed by atoms with Crippen molar-refractivity contribution in [2.24, 2.45) is 23.7 Å². The Kier molecular flexibility index (Phi) is 19.6. The summed E-state index contributed by atoms with van der Waals surface area (Å²) in [4.78, 5) is 45.1. The van der Waals surface area contributed by atoms with Gasteiger partial charge >= 0.3 is 11.9 Å². The fourth-order valence-corrected chi connectivity index (χ4v) is 9.74. The van der Waals surface area contributed by atoms with Gasteiger partial charge in [0.05, 0.1) is 42.0 Å². The lowest BCUT2D eigenvalue weighted by molar-refractivity contribution is -0.323. The highest BCUT2D eigenvalue weighted by Gasteiger charge is 2.55. The van der Waals surface area contributed by atoms with Crippen molar-refractivity contribution >= 4 is 17.7 Å². The minimum absolute atomic E-state index is 0.0766. The molecule has 0 amide bonds. The van der Waals surface area contributed by atoms with Crippen molar-refractivity contribution in [2.75, 3.05) is 55.6 Å². The summed E-state index contributed by atoms with van der Waals surface area (Å²) in [5.74, 6) is -4.91. The first kappa shape index (κ1) is 53.5. The zero-order chi connectivity index (χ0) is 46.4. The number of nitrogens with zero attached hydrogens (tertiary/aromatic N) is 2. The Balaban J connectivity index is 2.26. The molecule has 3 saturated heterocycles. The summed E-state index contributed by atoms with van der Waals surface area (Å²) in [6.45, 7) is 20.1. The maximum atomic E-state index is 14.5. The number of hydrogen-bond donors (Lipinski definition) is 2. The quantitative estimate of drug-likeness (QED) is 0.189. The molecule has 0 spiro atoms. The Labute approximate surface area is 365 Å². The molecule has 3 aliphatic heterocycles. The molecule has 0 bridgehead atoms. The number of carbonyl (C=O) groups excluding carboxylic acids is 3. The number of esters is 2. The number of aliphatic hydroxyl groups is 2. The molecule has 3 fully saturated rings. The molecule has 3 rings (SSSR count). The first-order valence-corrected chi connectivity index (χ1v) is 22.2. The van der Waals surface area contributed by atoms with Gasteiger partial charge in [0.15, 0.2) is 18.7 Å². The van der Waals surface area contributed by atoms with Crippen LogP contribution in [0.15, 0.2) is 0 Å². The van der Waals surface area contributed by atoms with Crippen molar-refractivity contribution in [1.29, 1.82) is 0 Å². The van der Waals surface area contributed by atoms with Gasteiger partial charge in [-0.05, 0) is 102 Å². The molecule has 18 atom stereocenters. The third kappa shape index (κ3) is 12.9.